The van der Waals surface area contributed by atoms with Gasteiger partial charge in [-0.05, 0) is 30.8 Å². The summed E-state index contributed by atoms with van der Waals surface area (Å²) in [6.45, 7) is 2.76. The van der Waals surface area contributed by atoms with Gasteiger partial charge in [0.05, 0.1) is 5.69 Å². The van der Waals surface area contributed by atoms with E-state index in [1.165, 1.54) is 11.5 Å². The van der Waals surface area contributed by atoms with Crippen molar-refractivity contribution < 1.29 is 4.79 Å². The number of aryl methyl sites for hydroxylation is 1. The van der Waals surface area contributed by atoms with Crippen molar-refractivity contribution in [2.75, 3.05) is 12.4 Å². The average Bonchev–Trinajstić information content (AvgIpc) is 2.77. The third kappa shape index (κ3) is 5.00. The largest absolute Gasteiger partial charge is 0.351 e. The van der Waals surface area contributed by atoms with E-state index in [0.29, 0.717) is 17.3 Å². The molecule has 0 radical (unpaired) electrons. The predicted molar refractivity (Wildman–Crippen MR) is 70.8 cm³/mol. The van der Waals surface area contributed by atoms with Crippen molar-refractivity contribution in [3.05, 3.63) is 10.6 Å². The van der Waals surface area contributed by atoms with Crippen LogP contribution in [0.4, 0.5) is 0 Å². The Morgan fingerprint density at radius 3 is 2.94 bits per heavy atom. The number of nitrogens with one attached hydrogen (secondary N) is 1. The van der Waals surface area contributed by atoms with Crippen LogP contribution in [0.15, 0.2) is 0 Å². The first-order valence-electron chi connectivity index (χ1n) is 5.95. The Labute approximate surface area is 111 Å². The van der Waals surface area contributed by atoms with Crippen LogP contribution in [-0.2, 0) is 6.42 Å². The summed E-state index contributed by atoms with van der Waals surface area (Å²) in [4.78, 5) is 12.5. The van der Waals surface area contributed by atoms with Gasteiger partial charge >= 0.3 is 0 Å². The Bertz CT molecular complexity index is 343. The van der Waals surface area contributed by atoms with Gasteiger partial charge in [0.2, 0.25) is 0 Å². The first kappa shape index (κ1) is 14.4. The lowest BCUT2D eigenvalue weighted by atomic mass is 10.2. The van der Waals surface area contributed by atoms with Crippen molar-refractivity contribution in [2.45, 2.75) is 39.0 Å². The highest BCUT2D eigenvalue weighted by Gasteiger charge is 2.14. The summed E-state index contributed by atoms with van der Waals surface area (Å²) in [7, 11) is 0. The Morgan fingerprint density at radius 2 is 2.24 bits per heavy atom. The molecule has 0 aliphatic rings. The van der Waals surface area contributed by atoms with Gasteiger partial charge in [0.15, 0.2) is 0 Å². The molecule has 1 heterocycles. The first-order valence-corrected chi connectivity index (χ1v) is 7.25. The highest BCUT2D eigenvalue weighted by molar-refractivity contribution is 7.08. The Morgan fingerprint density at radius 1 is 1.41 bits per heavy atom. The summed E-state index contributed by atoms with van der Waals surface area (Å²) in [6.07, 6.45) is 4.80. The second-order valence-corrected chi connectivity index (χ2v) is 4.94. The molecule has 0 aliphatic heterocycles. The molecule has 4 nitrogen and oxygen atoms in total. The number of rotatable bonds is 8. The fourth-order valence-electron chi connectivity index (χ4n) is 1.46. The number of amides is 1. The van der Waals surface area contributed by atoms with Gasteiger partial charge in [-0.3, -0.25) is 4.79 Å². The van der Waals surface area contributed by atoms with Crippen LogP contribution >= 0.6 is 23.1 Å². The van der Waals surface area contributed by atoms with Crippen molar-refractivity contribution >= 4 is 29.0 Å². The highest BCUT2D eigenvalue weighted by Crippen LogP contribution is 2.12. The minimum atomic E-state index is -0.0469. The normalized spacial score (nSPS) is 10.5. The van der Waals surface area contributed by atoms with E-state index in [9.17, 15) is 4.79 Å². The van der Waals surface area contributed by atoms with E-state index in [0.717, 1.165) is 37.8 Å². The zero-order valence-corrected chi connectivity index (χ0v) is 11.6. The molecule has 0 fully saturated rings. The number of alkyl halides is 1. The molecular formula is C11H18ClN3OS. The molecule has 0 aromatic carbocycles. The number of hydrogen-bond donors (Lipinski definition) is 1. The minimum Gasteiger partial charge on any atom is -0.351 e. The lowest BCUT2D eigenvalue weighted by Gasteiger charge is -2.03. The fourth-order valence-corrected chi connectivity index (χ4v) is 2.27. The van der Waals surface area contributed by atoms with Crippen LogP contribution in [0.2, 0.25) is 0 Å². The Balaban J connectivity index is 2.33. The molecule has 1 N–H and O–H groups in total. The van der Waals surface area contributed by atoms with E-state index in [4.69, 9.17) is 11.6 Å². The summed E-state index contributed by atoms with van der Waals surface area (Å²) in [5, 5.41) is 6.87. The van der Waals surface area contributed by atoms with Gasteiger partial charge in [0.25, 0.3) is 5.91 Å². The van der Waals surface area contributed by atoms with Crippen LogP contribution in [0.5, 0.6) is 0 Å². The predicted octanol–water partition coefficient (Wildman–Crippen LogP) is 2.63. The Kier molecular flexibility index (Phi) is 7.12. The van der Waals surface area contributed by atoms with E-state index >= 15 is 0 Å². The molecule has 0 saturated heterocycles. The molecule has 1 rings (SSSR count). The molecule has 1 aromatic rings. The number of halogens is 1. The van der Waals surface area contributed by atoms with Gasteiger partial charge in [-0.25, -0.2) is 0 Å². The smallest absolute Gasteiger partial charge is 0.264 e. The van der Waals surface area contributed by atoms with Gasteiger partial charge in [0.1, 0.15) is 4.88 Å². The number of aromatic nitrogens is 2. The molecule has 0 unspecified atom stereocenters. The van der Waals surface area contributed by atoms with Crippen molar-refractivity contribution in [3.63, 3.8) is 0 Å². The van der Waals surface area contributed by atoms with Gasteiger partial charge in [-0.15, -0.1) is 16.7 Å². The lowest BCUT2D eigenvalue weighted by Crippen LogP contribution is -2.24. The number of hydrogen-bond acceptors (Lipinski definition) is 4. The van der Waals surface area contributed by atoms with E-state index in [2.05, 4.69) is 21.8 Å². The molecule has 96 valence electrons. The van der Waals surface area contributed by atoms with E-state index in [1.807, 2.05) is 0 Å². The van der Waals surface area contributed by atoms with Crippen molar-refractivity contribution in [3.8, 4) is 0 Å². The number of carbonyl (C=O) groups excluding carboxylic acids is 1. The molecule has 6 heteroatoms. The summed E-state index contributed by atoms with van der Waals surface area (Å²) in [6, 6.07) is 0. The molecule has 1 aromatic heterocycles. The quantitative estimate of drug-likeness (QED) is 0.586. The molecule has 17 heavy (non-hydrogen) atoms. The standard InChI is InChI=1S/C11H18ClN3OS/c1-2-6-9-10(17-15-14-9)11(16)13-8-5-3-4-7-12/h2-8H2,1H3,(H,13,16). The third-order valence-corrected chi connectivity index (χ3v) is 3.38. The van der Waals surface area contributed by atoms with Crippen LogP contribution in [0.25, 0.3) is 0 Å². The average molecular weight is 276 g/mol. The van der Waals surface area contributed by atoms with Gasteiger partial charge < -0.3 is 5.32 Å². The SMILES string of the molecule is CCCc1nnsc1C(=O)NCCCCCCl. The monoisotopic (exact) mass is 275 g/mol. The molecule has 0 saturated carbocycles. The maximum absolute atomic E-state index is 11.8. The fraction of sp³-hybridized carbons (Fsp3) is 0.727. The zero-order chi connectivity index (χ0) is 12.5. The molecule has 0 atom stereocenters. The number of nitrogens with zero attached hydrogens (tertiary/aromatic N) is 2. The lowest BCUT2D eigenvalue weighted by molar-refractivity contribution is 0.0956. The number of carbonyl (C=O) groups is 1. The highest BCUT2D eigenvalue weighted by atomic mass is 35.5. The summed E-state index contributed by atoms with van der Waals surface area (Å²) < 4.78 is 3.83. The van der Waals surface area contributed by atoms with E-state index in [1.54, 1.807) is 0 Å². The van der Waals surface area contributed by atoms with Crippen molar-refractivity contribution in [1.82, 2.24) is 14.9 Å². The van der Waals surface area contributed by atoms with Crippen molar-refractivity contribution in [1.29, 1.82) is 0 Å². The topological polar surface area (TPSA) is 54.9 Å². The van der Waals surface area contributed by atoms with Crippen LogP contribution < -0.4 is 5.32 Å². The van der Waals surface area contributed by atoms with Gasteiger partial charge in [-0.2, -0.15) is 0 Å². The maximum atomic E-state index is 11.8. The molecular weight excluding hydrogens is 258 g/mol. The van der Waals surface area contributed by atoms with Crippen LogP contribution in [-0.4, -0.2) is 27.9 Å². The van der Waals surface area contributed by atoms with E-state index < -0.39 is 0 Å². The summed E-state index contributed by atoms with van der Waals surface area (Å²) in [5.41, 5.74) is 0.816. The van der Waals surface area contributed by atoms with Crippen LogP contribution in [0.1, 0.15) is 48.0 Å². The molecule has 0 bridgehead atoms. The third-order valence-electron chi connectivity index (χ3n) is 2.34. The summed E-state index contributed by atoms with van der Waals surface area (Å²) in [5.74, 6) is 0.641. The van der Waals surface area contributed by atoms with Crippen LogP contribution in [0, 0.1) is 0 Å². The van der Waals surface area contributed by atoms with Gasteiger partial charge in [0, 0.05) is 12.4 Å². The molecule has 0 spiro atoms. The van der Waals surface area contributed by atoms with Crippen LogP contribution in [0.3, 0.4) is 0 Å². The second-order valence-electron chi connectivity index (χ2n) is 3.80. The van der Waals surface area contributed by atoms with Crippen molar-refractivity contribution in [2.24, 2.45) is 0 Å². The Hall–Kier alpha value is -0.680. The second kappa shape index (κ2) is 8.42. The maximum Gasteiger partial charge on any atom is 0.264 e. The molecule has 0 aliphatic carbocycles. The molecule has 1 amide bonds. The van der Waals surface area contributed by atoms with E-state index in [-0.39, 0.29) is 5.91 Å². The first-order chi connectivity index (χ1) is 8.29. The van der Waals surface area contributed by atoms with Gasteiger partial charge in [-0.1, -0.05) is 24.3 Å². The minimum absolute atomic E-state index is 0.0469. The summed E-state index contributed by atoms with van der Waals surface area (Å²) >= 11 is 6.75. The number of unbranched alkanes of at least 4 members (excludes halogenated alkanes) is 2. The zero-order valence-electron chi connectivity index (χ0n) is 10.0.